The Kier molecular flexibility index (Phi) is 5.71. The zero-order chi connectivity index (χ0) is 20.2. The Morgan fingerprint density at radius 3 is 2.86 bits per heavy atom. The average molecular weight is 407 g/mol. The minimum absolute atomic E-state index is 0.109. The van der Waals surface area contributed by atoms with Gasteiger partial charge in [0.25, 0.3) is 5.91 Å². The van der Waals surface area contributed by atoms with Crippen LogP contribution in [-0.4, -0.2) is 30.5 Å². The summed E-state index contributed by atoms with van der Waals surface area (Å²) >= 11 is 1.70. The van der Waals surface area contributed by atoms with Crippen LogP contribution in [0.5, 0.6) is 0 Å². The first-order chi connectivity index (χ1) is 14.2. The molecular weight excluding hydrogens is 384 g/mol. The molecule has 0 spiro atoms. The Labute approximate surface area is 173 Å². The Morgan fingerprint density at radius 1 is 1.21 bits per heavy atom. The summed E-state index contributed by atoms with van der Waals surface area (Å²) in [5.41, 5.74) is 4.64. The van der Waals surface area contributed by atoms with Crippen molar-refractivity contribution in [1.29, 1.82) is 0 Å². The van der Waals surface area contributed by atoms with Crippen LogP contribution in [0.3, 0.4) is 0 Å². The van der Waals surface area contributed by atoms with Gasteiger partial charge >= 0.3 is 5.97 Å². The standard InChI is InChI=1S/C23H22N2O3S/c1-28-20(26)9-4-12-24-23(27)21-17-7-2-3-8-19(17)25-22-15(10-11-18(21)22)14-16-6-5-13-29-16/h2-3,5-8,13-14H,4,9-12H2,1H3,(H,24,27)/b15-14+. The van der Waals surface area contributed by atoms with Gasteiger partial charge in [0.05, 0.1) is 23.9 Å². The number of fused-ring (bicyclic) bond motifs is 2. The lowest BCUT2D eigenvalue weighted by atomic mass is 10.00. The molecule has 1 aliphatic rings. The molecule has 2 aromatic heterocycles. The lowest BCUT2D eigenvalue weighted by Crippen LogP contribution is -2.26. The summed E-state index contributed by atoms with van der Waals surface area (Å²) in [6.45, 7) is 0.428. The van der Waals surface area contributed by atoms with E-state index in [1.807, 2.05) is 30.3 Å². The second-order valence-electron chi connectivity index (χ2n) is 6.95. The van der Waals surface area contributed by atoms with Gasteiger partial charge in [0.1, 0.15) is 0 Å². The molecule has 5 nitrogen and oxygen atoms in total. The third kappa shape index (κ3) is 4.07. The van der Waals surface area contributed by atoms with Crippen molar-refractivity contribution >= 4 is 45.8 Å². The molecule has 0 aliphatic heterocycles. The van der Waals surface area contributed by atoms with E-state index in [4.69, 9.17) is 4.98 Å². The number of thiophene rings is 1. The highest BCUT2D eigenvalue weighted by Gasteiger charge is 2.26. The highest BCUT2D eigenvalue weighted by atomic mass is 32.1. The van der Waals surface area contributed by atoms with Crippen molar-refractivity contribution in [1.82, 2.24) is 10.3 Å². The van der Waals surface area contributed by atoms with E-state index in [1.165, 1.54) is 17.6 Å². The number of hydrogen-bond acceptors (Lipinski definition) is 5. The molecule has 1 amide bonds. The molecule has 0 radical (unpaired) electrons. The van der Waals surface area contributed by atoms with Crippen LogP contribution in [0.15, 0.2) is 41.8 Å². The van der Waals surface area contributed by atoms with E-state index in [0.29, 0.717) is 24.9 Å². The fraction of sp³-hybridized carbons (Fsp3) is 0.261. The average Bonchev–Trinajstić information content (AvgIpc) is 3.39. The van der Waals surface area contributed by atoms with Gasteiger partial charge in [-0.2, -0.15) is 0 Å². The van der Waals surface area contributed by atoms with Gasteiger partial charge in [0.15, 0.2) is 0 Å². The maximum absolute atomic E-state index is 13.1. The van der Waals surface area contributed by atoms with Gasteiger partial charge in [-0.05, 0) is 54.0 Å². The van der Waals surface area contributed by atoms with E-state index in [1.54, 1.807) is 11.3 Å². The van der Waals surface area contributed by atoms with Crippen molar-refractivity contribution in [2.24, 2.45) is 0 Å². The number of allylic oxidation sites excluding steroid dienone is 1. The van der Waals surface area contributed by atoms with E-state index in [2.05, 4.69) is 27.6 Å². The number of methoxy groups -OCH3 is 1. The minimum Gasteiger partial charge on any atom is -0.469 e. The number of esters is 1. The predicted molar refractivity (Wildman–Crippen MR) is 116 cm³/mol. The molecule has 0 saturated carbocycles. The van der Waals surface area contributed by atoms with E-state index >= 15 is 0 Å². The number of rotatable bonds is 6. The number of ether oxygens (including phenoxy) is 1. The predicted octanol–water partition coefficient (Wildman–Crippen LogP) is 4.47. The first kappa shape index (κ1) is 19.3. The molecule has 29 heavy (non-hydrogen) atoms. The molecule has 0 atom stereocenters. The molecule has 2 heterocycles. The van der Waals surface area contributed by atoms with Gasteiger partial charge in [-0.1, -0.05) is 24.3 Å². The second-order valence-corrected chi connectivity index (χ2v) is 7.93. The zero-order valence-electron chi connectivity index (χ0n) is 16.2. The molecule has 1 aliphatic carbocycles. The Bertz CT molecular complexity index is 1090. The molecule has 3 aromatic rings. The maximum atomic E-state index is 13.1. The van der Waals surface area contributed by atoms with Crippen LogP contribution in [0.4, 0.5) is 0 Å². The molecule has 4 rings (SSSR count). The highest BCUT2D eigenvalue weighted by Crippen LogP contribution is 2.37. The normalized spacial score (nSPS) is 14.2. The van der Waals surface area contributed by atoms with Gasteiger partial charge < -0.3 is 10.1 Å². The maximum Gasteiger partial charge on any atom is 0.305 e. The van der Waals surface area contributed by atoms with Crippen LogP contribution in [0.1, 0.15) is 45.8 Å². The molecule has 6 heteroatoms. The lowest BCUT2D eigenvalue weighted by molar-refractivity contribution is -0.140. The number of carbonyl (C=O) groups excluding carboxylic acids is 2. The van der Waals surface area contributed by atoms with Crippen LogP contribution in [0, 0.1) is 0 Å². The molecular formula is C23H22N2O3S. The number of pyridine rings is 1. The van der Waals surface area contributed by atoms with Gasteiger partial charge in [-0.15, -0.1) is 11.3 Å². The summed E-state index contributed by atoms with van der Waals surface area (Å²) in [7, 11) is 1.37. The van der Waals surface area contributed by atoms with Gasteiger partial charge in [0.2, 0.25) is 0 Å². The second kappa shape index (κ2) is 8.57. The van der Waals surface area contributed by atoms with Crippen molar-refractivity contribution in [2.45, 2.75) is 25.7 Å². The molecule has 0 saturated heterocycles. The first-order valence-corrected chi connectivity index (χ1v) is 10.6. The van der Waals surface area contributed by atoms with Crippen molar-refractivity contribution in [3.05, 3.63) is 63.5 Å². The van der Waals surface area contributed by atoms with Crippen molar-refractivity contribution < 1.29 is 14.3 Å². The number of carbonyl (C=O) groups is 2. The minimum atomic E-state index is -0.266. The van der Waals surface area contributed by atoms with Crippen molar-refractivity contribution in [3.8, 4) is 0 Å². The molecule has 0 fully saturated rings. The highest BCUT2D eigenvalue weighted by molar-refractivity contribution is 7.10. The SMILES string of the molecule is COC(=O)CCCNC(=O)c1c2c(nc3ccccc13)/C(=C/c1cccs1)CC2. The number of benzene rings is 1. The number of hydrogen-bond donors (Lipinski definition) is 1. The Balaban J connectivity index is 1.67. The Hall–Kier alpha value is -2.99. The molecule has 0 unspecified atom stereocenters. The summed E-state index contributed by atoms with van der Waals surface area (Å²) < 4.78 is 4.65. The Morgan fingerprint density at radius 2 is 2.07 bits per heavy atom. The summed E-state index contributed by atoms with van der Waals surface area (Å²) in [5, 5.41) is 5.90. The van der Waals surface area contributed by atoms with Crippen molar-refractivity contribution in [2.75, 3.05) is 13.7 Å². The quantitative estimate of drug-likeness (QED) is 0.485. The topological polar surface area (TPSA) is 68.3 Å². The van der Waals surface area contributed by atoms with Gasteiger partial charge in [-0.25, -0.2) is 4.98 Å². The molecule has 1 N–H and O–H groups in total. The number of aromatic nitrogens is 1. The summed E-state index contributed by atoms with van der Waals surface area (Å²) in [6.07, 6.45) is 4.69. The number of amides is 1. The third-order valence-electron chi connectivity index (χ3n) is 5.10. The number of nitrogens with one attached hydrogen (secondary N) is 1. The largest absolute Gasteiger partial charge is 0.469 e. The lowest BCUT2D eigenvalue weighted by Gasteiger charge is -2.13. The van der Waals surface area contributed by atoms with Crippen LogP contribution in [0.2, 0.25) is 0 Å². The fourth-order valence-corrected chi connectivity index (χ4v) is 4.39. The smallest absolute Gasteiger partial charge is 0.305 e. The molecule has 0 bridgehead atoms. The van der Waals surface area contributed by atoms with Gasteiger partial charge in [0, 0.05) is 23.2 Å². The van der Waals surface area contributed by atoms with E-state index in [0.717, 1.165) is 35.0 Å². The van der Waals surface area contributed by atoms with Gasteiger partial charge in [-0.3, -0.25) is 9.59 Å². The van der Waals surface area contributed by atoms with E-state index < -0.39 is 0 Å². The summed E-state index contributed by atoms with van der Waals surface area (Å²) in [5.74, 6) is -0.375. The van der Waals surface area contributed by atoms with Crippen molar-refractivity contribution in [3.63, 3.8) is 0 Å². The zero-order valence-corrected chi connectivity index (χ0v) is 17.1. The van der Waals surface area contributed by atoms with E-state index in [-0.39, 0.29) is 11.9 Å². The first-order valence-electron chi connectivity index (χ1n) is 9.68. The summed E-state index contributed by atoms with van der Waals surface area (Å²) in [6, 6.07) is 11.9. The molecule has 148 valence electrons. The van der Waals surface area contributed by atoms with Crippen LogP contribution in [0.25, 0.3) is 22.6 Å². The third-order valence-corrected chi connectivity index (χ3v) is 5.92. The van der Waals surface area contributed by atoms with Crippen LogP contribution in [-0.2, 0) is 16.0 Å². The van der Waals surface area contributed by atoms with Crippen LogP contribution >= 0.6 is 11.3 Å². The monoisotopic (exact) mass is 406 g/mol. The van der Waals surface area contributed by atoms with E-state index in [9.17, 15) is 9.59 Å². The number of para-hydroxylation sites is 1. The van der Waals surface area contributed by atoms with Crippen LogP contribution < -0.4 is 5.32 Å². The molecule has 1 aromatic carbocycles. The summed E-state index contributed by atoms with van der Waals surface area (Å²) in [4.78, 5) is 30.4. The number of nitrogens with zero attached hydrogens (tertiary/aromatic N) is 1. The fourth-order valence-electron chi connectivity index (χ4n) is 3.71.